The van der Waals surface area contributed by atoms with Gasteiger partial charge in [0.05, 0.1) is 0 Å². The average molecular weight is 264 g/mol. The summed E-state index contributed by atoms with van der Waals surface area (Å²) in [7, 11) is -1.49. The standard InChI is InChI=1S/C16H29NSi/c1-7-8-9-10-14-11-12-15(13-14)18(5,6)17-16(2,3)4/h7,11-14,17H,1,8-10H2,2-6H3. The fraction of sp³-hybridized carbons (Fsp3) is 0.625. The summed E-state index contributed by atoms with van der Waals surface area (Å²) < 4.78 is 0. The highest BCUT2D eigenvalue weighted by molar-refractivity contribution is 6.82. The van der Waals surface area contributed by atoms with Crippen LogP contribution in [0.25, 0.3) is 0 Å². The van der Waals surface area contributed by atoms with Crippen LogP contribution in [0.1, 0.15) is 40.0 Å². The second-order valence-electron chi connectivity index (χ2n) is 6.86. The maximum atomic E-state index is 3.83. The third kappa shape index (κ3) is 4.95. The van der Waals surface area contributed by atoms with Crippen LogP contribution >= 0.6 is 0 Å². The maximum absolute atomic E-state index is 3.83. The lowest BCUT2D eigenvalue weighted by atomic mass is 10.0. The minimum atomic E-state index is -1.49. The molecule has 0 radical (unpaired) electrons. The summed E-state index contributed by atoms with van der Waals surface area (Å²) >= 11 is 0. The van der Waals surface area contributed by atoms with Crippen molar-refractivity contribution in [2.24, 2.45) is 5.92 Å². The van der Waals surface area contributed by atoms with Gasteiger partial charge in [-0.1, -0.05) is 37.4 Å². The highest BCUT2D eigenvalue weighted by atomic mass is 28.3. The molecular weight excluding hydrogens is 234 g/mol. The molecule has 0 aromatic carbocycles. The monoisotopic (exact) mass is 263 g/mol. The van der Waals surface area contributed by atoms with Gasteiger partial charge in [-0.25, -0.2) is 0 Å². The second kappa shape index (κ2) is 6.03. The van der Waals surface area contributed by atoms with Crippen LogP contribution in [0.2, 0.25) is 13.1 Å². The number of hydrogen-bond donors (Lipinski definition) is 1. The van der Waals surface area contributed by atoms with E-state index in [1.54, 1.807) is 5.20 Å². The van der Waals surface area contributed by atoms with Gasteiger partial charge in [-0.15, -0.1) is 6.58 Å². The third-order valence-corrected chi connectivity index (χ3v) is 6.42. The van der Waals surface area contributed by atoms with Crippen molar-refractivity contribution in [1.82, 2.24) is 4.98 Å². The van der Waals surface area contributed by atoms with E-state index in [1.807, 2.05) is 6.08 Å². The molecule has 0 heterocycles. The van der Waals surface area contributed by atoms with Gasteiger partial charge in [0.1, 0.15) is 0 Å². The van der Waals surface area contributed by atoms with E-state index in [-0.39, 0.29) is 5.54 Å². The Bertz CT molecular complexity index is 345. The molecule has 0 saturated heterocycles. The predicted octanol–water partition coefficient (Wildman–Crippen LogP) is 4.59. The van der Waals surface area contributed by atoms with Crippen LogP contribution in [0, 0.1) is 5.92 Å². The number of rotatable bonds is 6. The number of allylic oxidation sites excluding steroid dienone is 5. The molecule has 18 heavy (non-hydrogen) atoms. The third-order valence-electron chi connectivity index (χ3n) is 3.27. The average Bonchev–Trinajstić information content (AvgIpc) is 2.63. The van der Waals surface area contributed by atoms with Crippen molar-refractivity contribution in [2.75, 3.05) is 0 Å². The van der Waals surface area contributed by atoms with E-state index in [1.165, 1.54) is 12.8 Å². The van der Waals surface area contributed by atoms with E-state index < -0.39 is 8.24 Å². The zero-order chi connectivity index (χ0) is 13.8. The first kappa shape index (κ1) is 15.5. The number of unbranched alkanes of at least 4 members (excludes halogenated alkanes) is 1. The molecule has 0 aromatic rings. The molecule has 1 unspecified atom stereocenters. The van der Waals surface area contributed by atoms with Gasteiger partial charge in [-0.3, -0.25) is 0 Å². The van der Waals surface area contributed by atoms with Crippen molar-refractivity contribution in [3.8, 4) is 0 Å². The lowest BCUT2D eigenvalue weighted by Crippen LogP contribution is -2.55. The van der Waals surface area contributed by atoms with Gasteiger partial charge in [-0.05, 0) is 51.1 Å². The van der Waals surface area contributed by atoms with Crippen LogP contribution in [0.15, 0.2) is 36.1 Å². The van der Waals surface area contributed by atoms with Crippen molar-refractivity contribution in [2.45, 2.75) is 58.7 Å². The SMILES string of the molecule is C=CCCCC1C=CC([Si](C)(C)NC(C)(C)C)=C1. The molecule has 1 aliphatic rings. The van der Waals surface area contributed by atoms with Crippen LogP contribution in [0.3, 0.4) is 0 Å². The van der Waals surface area contributed by atoms with Gasteiger partial charge in [0.15, 0.2) is 8.24 Å². The minimum absolute atomic E-state index is 0.200. The molecule has 0 saturated carbocycles. The first-order valence-corrected chi connectivity index (χ1v) is 10.1. The molecule has 0 aliphatic heterocycles. The van der Waals surface area contributed by atoms with Crippen molar-refractivity contribution in [3.05, 3.63) is 36.1 Å². The fourth-order valence-corrected chi connectivity index (χ4v) is 5.84. The first-order valence-electron chi connectivity index (χ1n) is 7.05. The van der Waals surface area contributed by atoms with E-state index in [0.29, 0.717) is 5.92 Å². The summed E-state index contributed by atoms with van der Waals surface area (Å²) in [6.07, 6.45) is 12.9. The van der Waals surface area contributed by atoms with Crippen molar-refractivity contribution >= 4 is 8.24 Å². The summed E-state index contributed by atoms with van der Waals surface area (Å²) in [6.45, 7) is 15.3. The van der Waals surface area contributed by atoms with E-state index in [4.69, 9.17) is 0 Å². The first-order chi connectivity index (χ1) is 8.24. The second-order valence-corrected chi connectivity index (χ2v) is 10.9. The molecule has 0 fully saturated rings. The predicted molar refractivity (Wildman–Crippen MR) is 85.1 cm³/mol. The van der Waals surface area contributed by atoms with Crippen LogP contribution in [0.5, 0.6) is 0 Å². The van der Waals surface area contributed by atoms with Gasteiger partial charge < -0.3 is 4.98 Å². The Hall–Kier alpha value is -0.603. The van der Waals surface area contributed by atoms with E-state index in [9.17, 15) is 0 Å². The molecule has 0 amide bonds. The zero-order valence-corrected chi connectivity index (χ0v) is 13.7. The molecule has 1 aliphatic carbocycles. The Balaban J connectivity index is 2.60. The highest BCUT2D eigenvalue weighted by Crippen LogP contribution is 2.27. The van der Waals surface area contributed by atoms with Gasteiger partial charge in [0, 0.05) is 5.54 Å². The Morgan fingerprint density at radius 3 is 2.61 bits per heavy atom. The molecular formula is C16H29NSi. The van der Waals surface area contributed by atoms with E-state index in [0.717, 1.165) is 6.42 Å². The molecule has 102 valence electrons. The molecule has 1 nitrogen and oxygen atoms in total. The molecule has 1 rings (SSSR count). The number of nitrogens with one attached hydrogen (secondary N) is 1. The van der Waals surface area contributed by atoms with Crippen LogP contribution in [-0.2, 0) is 0 Å². The van der Waals surface area contributed by atoms with Crippen LogP contribution in [-0.4, -0.2) is 13.8 Å². The van der Waals surface area contributed by atoms with Gasteiger partial charge in [0.2, 0.25) is 0 Å². The Kier molecular flexibility index (Phi) is 5.17. The topological polar surface area (TPSA) is 12.0 Å². The highest BCUT2D eigenvalue weighted by Gasteiger charge is 2.31. The largest absolute Gasteiger partial charge is 0.329 e. The summed E-state index contributed by atoms with van der Waals surface area (Å²) in [5.41, 5.74) is 0.200. The molecule has 0 aromatic heterocycles. The normalized spacial score (nSPS) is 20.1. The van der Waals surface area contributed by atoms with Crippen molar-refractivity contribution < 1.29 is 0 Å². The van der Waals surface area contributed by atoms with Crippen molar-refractivity contribution in [3.63, 3.8) is 0 Å². The maximum Gasteiger partial charge on any atom is 0.151 e. The molecule has 2 heteroatoms. The van der Waals surface area contributed by atoms with Crippen molar-refractivity contribution in [1.29, 1.82) is 0 Å². The lowest BCUT2D eigenvalue weighted by molar-refractivity contribution is 0.514. The summed E-state index contributed by atoms with van der Waals surface area (Å²) in [4.78, 5) is 3.83. The lowest BCUT2D eigenvalue weighted by Gasteiger charge is -2.33. The molecule has 1 N–H and O–H groups in total. The quantitative estimate of drug-likeness (QED) is 0.420. The van der Waals surface area contributed by atoms with E-state index >= 15 is 0 Å². The van der Waals surface area contributed by atoms with E-state index in [2.05, 4.69) is 63.7 Å². The van der Waals surface area contributed by atoms with Crippen LogP contribution in [0.4, 0.5) is 0 Å². The van der Waals surface area contributed by atoms with Gasteiger partial charge in [-0.2, -0.15) is 0 Å². The zero-order valence-electron chi connectivity index (χ0n) is 12.7. The molecule has 0 bridgehead atoms. The Morgan fingerprint density at radius 1 is 1.39 bits per heavy atom. The molecule has 0 spiro atoms. The summed E-state index contributed by atoms with van der Waals surface area (Å²) in [6, 6.07) is 0. The summed E-state index contributed by atoms with van der Waals surface area (Å²) in [5, 5.41) is 1.56. The summed E-state index contributed by atoms with van der Waals surface area (Å²) in [5.74, 6) is 0.647. The fourth-order valence-electron chi connectivity index (χ4n) is 2.67. The smallest absolute Gasteiger partial charge is 0.151 e. The van der Waals surface area contributed by atoms with Gasteiger partial charge in [0.25, 0.3) is 0 Å². The Morgan fingerprint density at radius 2 is 2.06 bits per heavy atom. The minimum Gasteiger partial charge on any atom is -0.329 e. The van der Waals surface area contributed by atoms with Crippen LogP contribution < -0.4 is 4.98 Å². The molecule has 1 atom stereocenters. The van der Waals surface area contributed by atoms with Gasteiger partial charge >= 0.3 is 0 Å². The Labute approximate surface area is 114 Å². The number of hydrogen-bond acceptors (Lipinski definition) is 1.